The van der Waals surface area contributed by atoms with E-state index in [0.29, 0.717) is 5.56 Å². The first kappa shape index (κ1) is 36.8. The van der Waals surface area contributed by atoms with E-state index in [9.17, 15) is 10.1 Å². The van der Waals surface area contributed by atoms with Gasteiger partial charge < -0.3 is 10.3 Å². The lowest BCUT2D eigenvalue weighted by Crippen LogP contribution is -1.96. The zero-order chi connectivity index (χ0) is 37.0. The third kappa shape index (κ3) is 8.82. The Balaban J connectivity index is 0.000000143. The number of para-hydroxylation sites is 5. The molecule has 1 aromatic heterocycles. The van der Waals surface area contributed by atoms with E-state index in [-0.39, 0.29) is 10.6 Å². The molecule has 5 nitrogen and oxygen atoms in total. The molecule has 0 radical (unpaired) electrons. The molecule has 0 unspecified atom stereocenters. The van der Waals surface area contributed by atoms with Gasteiger partial charge in [-0.15, -0.1) is 0 Å². The van der Waals surface area contributed by atoms with Gasteiger partial charge in [-0.25, -0.2) is 0 Å². The van der Waals surface area contributed by atoms with Gasteiger partial charge in [0.05, 0.1) is 16.0 Å². The molecular formula is C47H45N3O2. The van der Waals surface area contributed by atoms with Crippen molar-refractivity contribution < 1.29 is 4.92 Å². The van der Waals surface area contributed by atoms with Crippen LogP contribution in [0, 0.1) is 44.7 Å². The largest absolute Gasteiger partial charge is 0.399 e. The molecule has 8 aromatic rings. The topological polar surface area (TPSA) is 74.1 Å². The standard InChI is InChI=1S/C19H15N.C14H14.C7H7NO2.C7H9N/c1-14-8-2-5-11-17(14)20-18-12-6-3-9-15(18)16-10-4-7-13-19(16)20;1-11-7-3-5-9-13(11)14-10-6-4-8-12(14)2;1-6-4-2-3-5-7(6)8(9)10;1-6-4-2-3-5-7(6)8/h2-13H,1H3;3-10H,1-2H3;2-5H,1H3;2-5H,8H2,1H3. The van der Waals surface area contributed by atoms with Gasteiger partial charge in [-0.3, -0.25) is 10.1 Å². The van der Waals surface area contributed by atoms with Crippen LogP contribution in [0.15, 0.2) is 170 Å². The number of aromatic nitrogens is 1. The summed E-state index contributed by atoms with van der Waals surface area (Å²) in [5, 5.41) is 12.9. The number of nitrogens with zero attached hydrogens (tertiary/aromatic N) is 2. The van der Waals surface area contributed by atoms with Crippen molar-refractivity contribution in [3.63, 3.8) is 0 Å². The molecule has 0 fully saturated rings. The highest BCUT2D eigenvalue weighted by Crippen LogP contribution is 2.32. The number of nitrogen functional groups attached to an aromatic ring is 1. The predicted molar refractivity (Wildman–Crippen MR) is 220 cm³/mol. The molecule has 0 saturated heterocycles. The number of anilines is 1. The van der Waals surface area contributed by atoms with Gasteiger partial charge in [0.15, 0.2) is 0 Å². The fourth-order valence-electron chi connectivity index (χ4n) is 6.10. The summed E-state index contributed by atoms with van der Waals surface area (Å²) in [5.74, 6) is 0. The molecule has 5 heteroatoms. The number of hydrogen-bond donors (Lipinski definition) is 1. The minimum absolute atomic E-state index is 0.183. The molecule has 0 aliphatic rings. The fourth-order valence-corrected chi connectivity index (χ4v) is 6.10. The number of benzene rings is 7. The van der Waals surface area contributed by atoms with E-state index in [1.807, 2.05) is 31.2 Å². The van der Waals surface area contributed by atoms with Crippen LogP contribution in [-0.4, -0.2) is 9.49 Å². The lowest BCUT2D eigenvalue weighted by Gasteiger charge is -2.10. The number of nitro benzene ring substituents is 1. The second-order valence-corrected chi connectivity index (χ2v) is 12.7. The van der Waals surface area contributed by atoms with Crippen molar-refractivity contribution in [2.24, 2.45) is 0 Å². The van der Waals surface area contributed by atoms with Gasteiger partial charge in [-0.1, -0.05) is 140 Å². The molecular weight excluding hydrogens is 639 g/mol. The fraction of sp³-hybridized carbons (Fsp3) is 0.106. The molecule has 0 bridgehead atoms. The maximum absolute atomic E-state index is 10.2. The Bertz CT molecular complexity index is 2310. The first-order chi connectivity index (χ1) is 25.2. The van der Waals surface area contributed by atoms with Gasteiger partial charge in [0.25, 0.3) is 5.69 Å². The number of rotatable bonds is 3. The second kappa shape index (κ2) is 17.5. The van der Waals surface area contributed by atoms with Gasteiger partial charge >= 0.3 is 0 Å². The Hall–Kier alpha value is -6.46. The molecule has 0 amide bonds. The quantitative estimate of drug-likeness (QED) is 0.114. The summed E-state index contributed by atoms with van der Waals surface area (Å²) >= 11 is 0. The Morgan fingerprint density at radius 2 is 0.827 bits per heavy atom. The summed E-state index contributed by atoms with van der Waals surface area (Å²) in [6.07, 6.45) is 0. The van der Waals surface area contributed by atoms with Crippen LogP contribution in [0.25, 0.3) is 38.6 Å². The number of aryl methyl sites for hydroxylation is 5. The third-order valence-electron chi connectivity index (χ3n) is 9.02. The van der Waals surface area contributed by atoms with Crippen molar-refractivity contribution in [1.82, 2.24) is 4.57 Å². The maximum atomic E-state index is 10.2. The van der Waals surface area contributed by atoms with E-state index in [0.717, 1.165) is 11.3 Å². The van der Waals surface area contributed by atoms with Crippen LogP contribution in [0.2, 0.25) is 0 Å². The van der Waals surface area contributed by atoms with Crippen LogP contribution < -0.4 is 5.73 Å². The molecule has 7 aromatic carbocycles. The highest BCUT2D eigenvalue weighted by molar-refractivity contribution is 6.09. The SMILES string of the molecule is Cc1ccccc1-c1ccccc1C.Cc1ccccc1-n1c2ccccc2c2ccccc21.Cc1ccccc1N.Cc1ccccc1[N+](=O)[O-]. The van der Waals surface area contributed by atoms with Crippen molar-refractivity contribution in [2.45, 2.75) is 34.6 Å². The van der Waals surface area contributed by atoms with Crippen molar-refractivity contribution in [1.29, 1.82) is 0 Å². The van der Waals surface area contributed by atoms with Crippen molar-refractivity contribution >= 4 is 33.2 Å². The smallest absolute Gasteiger partial charge is 0.272 e. The van der Waals surface area contributed by atoms with Gasteiger partial charge in [-0.05, 0) is 92.3 Å². The van der Waals surface area contributed by atoms with Crippen LogP contribution in [0.1, 0.15) is 27.8 Å². The summed E-state index contributed by atoms with van der Waals surface area (Å²) in [4.78, 5) is 9.85. The van der Waals surface area contributed by atoms with E-state index in [4.69, 9.17) is 5.73 Å². The van der Waals surface area contributed by atoms with E-state index in [1.54, 1.807) is 25.1 Å². The number of hydrogen-bond acceptors (Lipinski definition) is 3. The van der Waals surface area contributed by atoms with Crippen molar-refractivity contribution in [3.05, 3.63) is 208 Å². The monoisotopic (exact) mass is 683 g/mol. The molecule has 0 spiro atoms. The van der Waals surface area contributed by atoms with E-state index in [1.165, 1.54) is 61.4 Å². The second-order valence-electron chi connectivity index (χ2n) is 12.7. The minimum Gasteiger partial charge on any atom is -0.399 e. The summed E-state index contributed by atoms with van der Waals surface area (Å²) in [5.41, 5.74) is 18.8. The molecule has 2 N–H and O–H groups in total. The van der Waals surface area contributed by atoms with E-state index in [2.05, 4.69) is 147 Å². The molecule has 52 heavy (non-hydrogen) atoms. The van der Waals surface area contributed by atoms with Crippen LogP contribution in [0.5, 0.6) is 0 Å². The normalized spacial score (nSPS) is 10.2. The van der Waals surface area contributed by atoms with E-state index < -0.39 is 0 Å². The van der Waals surface area contributed by atoms with Crippen LogP contribution in [-0.2, 0) is 0 Å². The summed E-state index contributed by atoms with van der Waals surface area (Å²) < 4.78 is 2.36. The zero-order valence-corrected chi connectivity index (χ0v) is 30.5. The number of nitrogens with two attached hydrogens (primary N) is 1. The molecule has 260 valence electrons. The van der Waals surface area contributed by atoms with Crippen LogP contribution >= 0.6 is 0 Å². The highest BCUT2D eigenvalue weighted by atomic mass is 16.6. The zero-order valence-electron chi connectivity index (χ0n) is 30.5. The van der Waals surface area contributed by atoms with Crippen molar-refractivity contribution in [2.75, 3.05) is 5.73 Å². The molecule has 0 atom stereocenters. The Morgan fingerprint density at radius 3 is 1.23 bits per heavy atom. The Labute approximate surface area is 306 Å². The summed E-state index contributed by atoms with van der Waals surface area (Å²) in [6, 6.07) is 57.2. The van der Waals surface area contributed by atoms with E-state index >= 15 is 0 Å². The van der Waals surface area contributed by atoms with Gasteiger partial charge in [-0.2, -0.15) is 0 Å². The first-order valence-electron chi connectivity index (χ1n) is 17.3. The first-order valence-corrected chi connectivity index (χ1v) is 17.3. The predicted octanol–water partition coefficient (Wildman–Crippen LogP) is 12.5. The highest BCUT2D eigenvalue weighted by Gasteiger charge is 2.12. The van der Waals surface area contributed by atoms with Crippen LogP contribution in [0.4, 0.5) is 11.4 Å². The lowest BCUT2D eigenvalue weighted by molar-refractivity contribution is -0.385. The third-order valence-corrected chi connectivity index (χ3v) is 9.02. The molecule has 1 heterocycles. The average molecular weight is 684 g/mol. The van der Waals surface area contributed by atoms with Crippen molar-refractivity contribution in [3.8, 4) is 16.8 Å². The number of fused-ring (bicyclic) bond motifs is 3. The van der Waals surface area contributed by atoms with Gasteiger partial charge in [0, 0.05) is 33.8 Å². The minimum atomic E-state index is -0.380. The molecule has 0 aliphatic heterocycles. The lowest BCUT2D eigenvalue weighted by atomic mass is 9.97. The maximum Gasteiger partial charge on any atom is 0.272 e. The summed E-state index contributed by atoms with van der Waals surface area (Å²) in [7, 11) is 0. The molecule has 8 rings (SSSR count). The van der Waals surface area contributed by atoms with Gasteiger partial charge in [0.1, 0.15) is 0 Å². The Kier molecular flexibility index (Phi) is 12.4. The Morgan fingerprint density at radius 1 is 0.442 bits per heavy atom. The molecule has 0 saturated carbocycles. The summed E-state index contributed by atoms with van der Waals surface area (Å²) in [6.45, 7) is 10.2. The average Bonchev–Trinajstić information content (AvgIpc) is 3.49. The molecule has 0 aliphatic carbocycles. The van der Waals surface area contributed by atoms with Crippen LogP contribution in [0.3, 0.4) is 0 Å². The van der Waals surface area contributed by atoms with Gasteiger partial charge in [0.2, 0.25) is 0 Å². The number of nitro groups is 1.